The molecule has 2 heterocycles. The maximum absolute atomic E-state index is 11.7. The molecule has 0 saturated carbocycles. The highest BCUT2D eigenvalue weighted by Gasteiger charge is 2.27. The Morgan fingerprint density at radius 1 is 1.48 bits per heavy atom. The van der Waals surface area contributed by atoms with Crippen LogP contribution in [0.25, 0.3) is 0 Å². The topological polar surface area (TPSA) is 86.7 Å². The van der Waals surface area contributed by atoms with Crippen LogP contribution in [0.2, 0.25) is 0 Å². The Labute approximate surface area is 142 Å². The number of thiazole rings is 1. The zero-order chi connectivity index (χ0) is 16.9. The maximum atomic E-state index is 11.7. The lowest BCUT2D eigenvalue weighted by molar-refractivity contribution is 0.445. The summed E-state index contributed by atoms with van der Waals surface area (Å²) in [6, 6.07) is 0. The highest BCUT2D eigenvalue weighted by atomic mass is 32.2. The molecule has 1 aliphatic heterocycles. The molecule has 2 rings (SSSR count). The van der Waals surface area contributed by atoms with E-state index in [0.29, 0.717) is 38.1 Å². The molecule has 1 aliphatic rings. The van der Waals surface area contributed by atoms with Crippen LogP contribution >= 0.6 is 11.3 Å². The molecule has 1 aromatic heterocycles. The van der Waals surface area contributed by atoms with Gasteiger partial charge >= 0.3 is 0 Å². The summed E-state index contributed by atoms with van der Waals surface area (Å²) in [4.78, 5) is 8.71. The molecule has 0 spiro atoms. The third-order valence-corrected chi connectivity index (χ3v) is 6.47. The summed E-state index contributed by atoms with van der Waals surface area (Å²) in [5, 5.41) is 9.44. The van der Waals surface area contributed by atoms with Crippen molar-refractivity contribution in [2.75, 3.05) is 32.4 Å². The van der Waals surface area contributed by atoms with Crippen LogP contribution in [-0.4, -0.2) is 56.1 Å². The van der Waals surface area contributed by atoms with E-state index in [9.17, 15) is 8.42 Å². The van der Waals surface area contributed by atoms with Crippen LogP contribution in [0.5, 0.6) is 0 Å². The van der Waals surface area contributed by atoms with E-state index < -0.39 is 10.0 Å². The fraction of sp³-hybridized carbons (Fsp3) is 0.714. The second kappa shape index (κ2) is 8.07. The number of sulfonamides is 1. The van der Waals surface area contributed by atoms with Crippen LogP contribution in [0.4, 0.5) is 0 Å². The molecule has 1 aromatic rings. The van der Waals surface area contributed by atoms with Gasteiger partial charge in [0.1, 0.15) is 5.01 Å². The van der Waals surface area contributed by atoms with Crippen molar-refractivity contribution in [2.45, 2.75) is 32.7 Å². The summed E-state index contributed by atoms with van der Waals surface area (Å²) in [6.07, 6.45) is 0.720. The van der Waals surface area contributed by atoms with Crippen molar-refractivity contribution in [3.63, 3.8) is 0 Å². The zero-order valence-electron chi connectivity index (χ0n) is 13.9. The Kier molecular flexibility index (Phi) is 6.37. The quantitative estimate of drug-likeness (QED) is 0.584. The Morgan fingerprint density at radius 2 is 2.26 bits per heavy atom. The van der Waals surface area contributed by atoms with Crippen LogP contribution in [-0.2, 0) is 16.6 Å². The number of nitrogens with zero attached hydrogens (tertiary/aromatic N) is 3. The summed E-state index contributed by atoms with van der Waals surface area (Å²) >= 11 is 1.63. The van der Waals surface area contributed by atoms with E-state index in [4.69, 9.17) is 0 Å². The fourth-order valence-corrected chi connectivity index (χ4v) is 4.72. The van der Waals surface area contributed by atoms with Gasteiger partial charge in [-0.3, -0.25) is 4.99 Å². The average Bonchev–Trinajstić information content (AvgIpc) is 3.09. The lowest BCUT2D eigenvalue weighted by Crippen LogP contribution is -2.41. The van der Waals surface area contributed by atoms with E-state index in [1.807, 2.05) is 0 Å². The van der Waals surface area contributed by atoms with Crippen molar-refractivity contribution in [1.29, 1.82) is 0 Å². The SMILES string of the molecule is CN=C(NCCN1CCCS1(=O)=O)NCc1nc(C(C)C)cs1. The molecule has 0 unspecified atom stereocenters. The number of nitrogens with one attached hydrogen (secondary N) is 2. The minimum Gasteiger partial charge on any atom is -0.355 e. The smallest absolute Gasteiger partial charge is 0.214 e. The van der Waals surface area contributed by atoms with Crippen LogP contribution < -0.4 is 10.6 Å². The van der Waals surface area contributed by atoms with E-state index in [-0.39, 0.29) is 5.75 Å². The number of aromatic nitrogens is 1. The number of aliphatic imine (C=N–C) groups is 1. The van der Waals surface area contributed by atoms with E-state index in [1.165, 1.54) is 4.31 Å². The lowest BCUT2D eigenvalue weighted by Gasteiger charge is -2.16. The zero-order valence-corrected chi connectivity index (χ0v) is 15.5. The van der Waals surface area contributed by atoms with Gasteiger partial charge in [0.05, 0.1) is 18.0 Å². The van der Waals surface area contributed by atoms with Gasteiger partial charge in [0.15, 0.2) is 5.96 Å². The molecule has 0 bridgehead atoms. The van der Waals surface area contributed by atoms with Gasteiger partial charge in [-0.1, -0.05) is 13.8 Å². The lowest BCUT2D eigenvalue weighted by atomic mass is 10.2. The standard InChI is InChI=1S/C14H25N5O2S2/c1-11(2)12-10-22-13(18-12)9-17-14(15-3)16-5-7-19-6-4-8-23(19,20)21/h10-11H,4-9H2,1-3H3,(H2,15,16,17). The summed E-state index contributed by atoms with van der Waals surface area (Å²) in [7, 11) is -1.33. The first-order valence-corrected chi connectivity index (χ1v) is 10.3. The number of hydrogen-bond acceptors (Lipinski definition) is 5. The molecule has 1 saturated heterocycles. The molecule has 23 heavy (non-hydrogen) atoms. The second-order valence-electron chi connectivity index (χ2n) is 5.74. The van der Waals surface area contributed by atoms with E-state index in [1.54, 1.807) is 18.4 Å². The highest BCUT2D eigenvalue weighted by Crippen LogP contribution is 2.17. The van der Waals surface area contributed by atoms with Crippen molar-refractivity contribution in [3.8, 4) is 0 Å². The Hall–Kier alpha value is -1.19. The van der Waals surface area contributed by atoms with Crippen molar-refractivity contribution in [3.05, 3.63) is 16.1 Å². The van der Waals surface area contributed by atoms with Crippen LogP contribution in [0.3, 0.4) is 0 Å². The molecule has 0 aliphatic carbocycles. The molecule has 2 N–H and O–H groups in total. The van der Waals surface area contributed by atoms with Gasteiger partial charge < -0.3 is 10.6 Å². The van der Waals surface area contributed by atoms with Gasteiger partial charge in [0, 0.05) is 32.1 Å². The van der Waals surface area contributed by atoms with Gasteiger partial charge in [-0.2, -0.15) is 0 Å². The Morgan fingerprint density at radius 3 is 2.83 bits per heavy atom. The van der Waals surface area contributed by atoms with Gasteiger partial charge in [-0.25, -0.2) is 17.7 Å². The Balaban J connectivity index is 1.75. The number of rotatable bonds is 6. The van der Waals surface area contributed by atoms with Crippen LogP contribution in [0.15, 0.2) is 10.4 Å². The van der Waals surface area contributed by atoms with Gasteiger partial charge in [-0.15, -0.1) is 11.3 Å². The summed E-state index contributed by atoms with van der Waals surface area (Å²) in [6.45, 7) is 6.48. The third-order valence-electron chi connectivity index (χ3n) is 3.65. The summed E-state index contributed by atoms with van der Waals surface area (Å²) in [5.41, 5.74) is 1.11. The molecule has 1 fully saturated rings. The van der Waals surface area contributed by atoms with Gasteiger partial charge in [-0.05, 0) is 12.3 Å². The number of guanidine groups is 1. The molecule has 0 radical (unpaired) electrons. The fourth-order valence-electron chi connectivity index (χ4n) is 2.29. The molecule has 0 amide bonds. The summed E-state index contributed by atoms with van der Waals surface area (Å²) in [5.74, 6) is 1.35. The predicted octanol–water partition coefficient (Wildman–Crippen LogP) is 0.967. The molecular formula is C14H25N5O2S2. The first kappa shape index (κ1) is 18.2. The third kappa shape index (κ3) is 5.15. The van der Waals surface area contributed by atoms with E-state index in [2.05, 4.69) is 39.8 Å². The van der Waals surface area contributed by atoms with Crippen molar-refractivity contribution >= 4 is 27.3 Å². The van der Waals surface area contributed by atoms with Crippen LogP contribution in [0.1, 0.15) is 36.9 Å². The van der Waals surface area contributed by atoms with Gasteiger partial charge in [0.25, 0.3) is 0 Å². The van der Waals surface area contributed by atoms with E-state index in [0.717, 1.165) is 17.1 Å². The maximum Gasteiger partial charge on any atom is 0.214 e. The molecule has 130 valence electrons. The van der Waals surface area contributed by atoms with E-state index >= 15 is 0 Å². The largest absolute Gasteiger partial charge is 0.355 e. The highest BCUT2D eigenvalue weighted by molar-refractivity contribution is 7.89. The molecule has 7 nitrogen and oxygen atoms in total. The van der Waals surface area contributed by atoms with Crippen LogP contribution in [0, 0.1) is 0 Å². The molecule has 0 aromatic carbocycles. The van der Waals surface area contributed by atoms with Gasteiger partial charge in [0.2, 0.25) is 10.0 Å². The second-order valence-corrected chi connectivity index (χ2v) is 8.77. The Bertz CT molecular complexity index is 639. The average molecular weight is 360 g/mol. The normalized spacial score (nSPS) is 18.5. The van der Waals surface area contributed by atoms with Crippen molar-refractivity contribution in [1.82, 2.24) is 19.9 Å². The van der Waals surface area contributed by atoms with Crippen molar-refractivity contribution in [2.24, 2.45) is 4.99 Å². The minimum absolute atomic E-state index is 0.266. The number of hydrogen-bond donors (Lipinski definition) is 2. The predicted molar refractivity (Wildman–Crippen MR) is 94.4 cm³/mol. The van der Waals surface area contributed by atoms with Crippen molar-refractivity contribution < 1.29 is 8.42 Å². The first-order valence-electron chi connectivity index (χ1n) is 7.79. The first-order chi connectivity index (χ1) is 10.9. The summed E-state index contributed by atoms with van der Waals surface area (Å²) < 4.78 is 25.0. The molecular weight excluding hydrogens is 334 g/mol. The minimum atomic E-state index is -3.03. The molecule has 9 heteroatoms. The monoisotopic (exact) mass is 359 g/mol. The molecule has 0 atom stereocenters.